The van der Waals surface area contributed by atoms with Crippen molar-refractivity contribution in [1.29, 1.82) is 0 Å². The summed E-state index contributed by atoms with van der Waals surface area (Å²) in [5.74, 6) is 0.625. The SMILES string of the molecule is COCCCNC(=O)c1ccnc(NCCc2ccccc2)c1. The van der Waals surface area contributed by atoms with Crippen LogP contribution in [0.3, 0.4) is 0 Å². The number of nitrogens with zero attached hydrogens (tertiary/aromatic N) is 1. The molecular formula is C18H23N3O2. The number of anilines is 1. The van der Waals surface area contributed by atoms with Crippen LogP contribution in [0.2, 0.25) is 0 Å². The van der Waals surface area contributed by atoms with Gasteiger partial charge in [-0.05, 0) is 30.5 Å². The molecule has 0 unspecified atom stereocenters. The number of hydrogen-bond acceptors (Lipinski definition) is 4. The summed E-state index contributed by atoms with van der Waals surface area (Å²) in [5.41, 5.74) is 1.88. The van der Waals surface area contributed by atoms with Crippen molar-refractivity contribution in [3.8, 4) is 0 Å². The van der Waals surface area contributed by atoms with Crippen LogP contribution in [0.1, 0.15) is 22.3 Å². The molecule has 0 saturated heterocycles. The summed E-state index contributed by atoms with van der Waals surface area (Å²) >= 11 is 0. The molecule has 0 radical (unpaired) electrons. The van der Waals surface area contributed by atoms with Gasteiger partial charge in [-0.1, -0.05) is 30.3 Å². The predicted octanol–water partition coefficient (Wildman–Crippen LogP) is 2.50. The third-order valence-corrected chi connectivity index (χ3v) is 3.40. The van der Waals surface area contributed by atoms with Gasteiger partial charge in [-0.15, -0.1) is 0 Å². The number of amides is 1. The van der Waals surface area contributed by atoms with E-state index in [4.69, 9.17) is 4.74 Å². The number of rotatable bonds is 9. The first-order chi connectivity index (χ1) is 11.3. The van der Waals surface area contributed by atoms with Gasteiger partial charge in [-0.2, -0.15) is 0 Å². The van der Waals surface area contributed by atoms with Gasteiger partial charge in [0, 0.05) is 38.6 Å². The summed E-state index contributed by atoms with van der Waals surface area (Å²) in [6, 6.07) is 13.8. The Hall–Kier alpha value is -2.40. The summed E-state index contributed by atoms with van der Waals surface area (Å²) in [7, 11) is 1.65. The minimum atomic E-state index is -0.0883. The van der Waals surface area contributed by atoms with Crippen molar-refractivity contribution in [1.82, 2.24) is 10.3 Å². The average Bonchev–Trinajstić information content (AvgIpc) is 2.60. The van der Waals surface area contributed by atoms with Crippen molar-refractivity contribution in [3.63, 3.8) is 0 Å². The van der Waals surface area contributed by atoms with Gasteiger partial charge in [0.1, 0.15) is 5.82 Å². The first kappa shape index (κ1) is 17.0. The quantitative estimate of drug-likeness (QED) is 0.698. The maximum atomic E-state index is 12.0. The van der Waals surface area contributed by atoms with E-state index in [2.05, 4.69) is 27.8 Å². The van der Waals surface area contributed by atoms with Gasteiger partial charge in [0.25, 0.3) is 5.91 Å². The Kier molecular flexibility index (Phi) is 7.07. The number of carbonyl (C=O) groups is 1. The fraction of sp³-hybridized carbons (Fsp3) is 0.333. The lowest BCUT2D eigenvalue weighted by Gasteiger charge is -2.08. The van der Waals surface area contributed by atoms with E-state index < -0.39 is 0 Å². The molecule has 0 aliphatic heterocycles. The molecular weight excluding hydrogens is 290 g/mol. The summed E-state index contributed by atoms with van der Waals surface area (Å²) in [6.07, 6.45) is 3.36. The molecule has 1 heterocycles. The van der Waals surface area contributed by atoms with Crippen molar-refractivity contribution >= 4 is 11.7 Å². The molecule has 122 valence electrons. The van der Waals surface area contributed by atoms with E-state index in [0.29, 0.717) is 24.5 Å². The van der Waals surface area contributed by atoms with Crippen LogP contribution in [0.25, 0.3) is 0 Å². The zero-order chi connectivity index (χ0) is 16.3. The zero-order valence-corrected chi connectivity index (χ0v) is 13.4. The molecule has 2 aromatic rings. The van der Waals surface area contributed by atoms with Gasteiger partial charge in [0.2, 0.25) is 0 Å². The Labute approximate surface area is 137 Å². The second-order valence-electron chi connectivity index (χ2n) is 5.19. The van der Waals surface area contributed by atoms with Gasteiger partial charge in [0.05, 0.1) is 0 Å². The van der Waals surface area contributed by atoms with Crippen LogP contribution in [0.4, 0.5) is 5.82 Å². The molecule has 1 amide bonds. The summed E-state index contributed by atoms with van der Waals surface area (Å²) < 4.78 is 4.96. The van der Waals surface area contributed by atoms with Gasteiger partial charge in [-0.25, -0.2) is 4.98 Å². The topological polar surface area (TPSA) is 63.2 Å². The van der Waals surface area contributed by atoms with Crippen LogP contribution in [0.5, 0.6) is 0 Å². The minimum Gasteiger partial charge on any atom is -0.385 e. The van der Waals surface area contributed by atoms with E-state index in [1.165, 1.54) is 5.56 Å². The molecule has 0 saturated carbocycles. The molecule has 0 aliphatic carbocycles. The summed E-state index contributed by atoms with van der Waals surface area (Å²) in [5, 5.41) is 6.12. The van der Waals surface area contributed by atoms with Crippen molar-refractivity contribution in [2.75, 3.05) is 32.1 Å². The third-order valence-electron chi connectivity index (χ3n) is 3.40. The van der Waals surface area contributed by atoms with Crippen molar-refractivity contribution in [2.45, 2.75) is 12.8 Å². The molecule has 23 heavy (non-hydrogen) atoms. The lowest BCUT2D eigenvalue weighted by molar-refractivity contribution is 0.0948. The van der Waals surface area contributed by atoms with Crippen LogP contribution in [-0.2, 0) is 11.2 Å². The predicted molar refractivity (Wildman–Crippen MR) is 91.7 cm³/mol. The first-order valence-electron chi connectivity index (χ1n) is 7.80. The molecule has 2 rings (SSSR count). The molecule has 2 N–H and O–H groups in total. The highest BCUT2D eigenvalue weighted by Crippen LogP contribution is 2.07. The Morgan fingerprint density at radius 1 is 1.17 bits per heavy atom. The highest BCUT2D eigenvalue weighted by Gasteiger charge is 2.06. The third kappa shape index (κ3) is 6.08. The molecule has 0 atom stereocenters. The van der Waals surface area contributed by atoms with Gasteiger partial charge in [0.15, 0.2) is 0 Å². The highest BCUT2D eigenvalue weighted by molar-refractivity contribution is 5.94. The summed E-state index contributed by atoms with van der Waals surface area (Å²) in [6.45, 7) is 2.02. The van der Waals surface area contributed by atoms with E-state index in [0.717, 1.165) is 19.4 Å². The Bertz CT molecular complexity index is 602. The smallest absolute Gasteiger partial charge is 0.251 e. The Morgan fingerprint density at radius 2 is 2.00 bits per heavy atom. The van der Waals surface area contributed by atoms with Crippen LogP contribution in [0.15, 0.2) is 48.7 Å². The zero-order valence-electron chi connectivity index (χ0n) is 13.4. The van der Waals surface area contributed by atoms with Crippen LogP contribution < -0.4 is 10.6 Å². The fourth-order valence-corrected chi connectivity index (χ4v) is 2.17. The van der Waals surface area contributed by atoms with E-state index in [1.807, 2.05) is 18.2 Å². The molecule has 1 aromatic carbocycles. The normalized spacial score (nSPS) is 10.3. The van der Waals surface area contributed by atoms with Crippen LogP contribution in [0, 0.1) is 0 Å². The Morgan fingerprint density at radius 3 is 2.78 bits per heavy atom. The maximum absolute atomic E-state index is 12.0. The number of nitrogens with one attached hydrogen (secondary N) is 2. The molecule has 0 bridgehead atoms. The number of carbonyl (C=O) groups excluding carboxylic acids is 1. The van der Waals surface area contributed by atoms with E-state index in [9.17, 15) is 4.79 Å². The number of hydrogen-bond donors (Lipinski definition) is 2. The van der Waals surface area contributed by atoms with Gasteiger partial charge in [-0.3, -0.25) is 4.79 Å². The van der Waals surface area contributed by atoms with Crippen molar-refractivity contribution in [3.05, 3.63) is 59.8 Å². The lowest BCUT2D eigenvalue weighted by Crippen LogP contribution is -2.25. The summed E-state index contributed by atoms with van der Waals surface area (Å²) in [4.78, 5) is 16.3. The van der Waals surface area contributed by atoms with Crippen LogP contribution in [-0.4, -0.2) is 37.7 Å². The number of pyridine rings is 1. The van der Waals surface area contributed by atoms with E-state index >= 15 is 0 Å². The van der Waals surface area contributed by atoms with Gasteiger partial charge < -0.3 is 15.4 Å². The fourth-order valence-electron chi connectivity index (χ4n) is 2.17. The monoisotopic (exact) mass is 313 g/mol. The van der Waals surface area contributed by atoms with E-state index in [-0.39, 0.29) is 5.91 Å². The maximum Gasteiger partial charge on any atom is 0.251 e. The number of benzene rings is 1. The van der Waals surface area contributed by atoms with Crippen LogP contribution >= 0.6 is 0 Å². The van der Waals surface area contributed by atoms with Crippen molar-refractivity contribution < 1.29 is 9.53 Å². The molecule has 0 spiro atoms. The second kappa shape index (κ2) is 9.58. The molecule has 0 aliphatic rings. The standard InChI is InChI=1S/C18H23N3O2/c1-23-13-5-10-21-18(22)16-9-12-20-17(14-16)19-11-8-15-6-3-2-4-7-15/h2-4,6-7,9,12,14H,5,8,10-11,13H2,1H3,(H,19,20)(H,21,22). The molecule has 5 heteroatoms. The number of ether oxygens (including phenoxy) is 1. The lowest BCUT2D eigenvalue weighted by atomic mass is 10.1. The van der Waals surface area contributed by atoms with Crippen molar-refractivity contribution in [2.24, 2.45) is 0 Å². The molecule has 1 aromatic heterocycles. The largest absolute Gasteiger partial charge is 0.385 e. The average molecular weight is 313 g/mol. The molecule has 5 nitrogen and oxygen atoms in total. The van der Waals surface area contributed by atoms with Gasteiger partial charge >= 0.3 is 0 Å². The van der Waals surface area contributed by atoms with E-state index in [1.54, 1.807) is 25.4 Å². The minimum absolute atomic E-state index is 0.0883. The highest BCUT2D eigenvalue weighted by atomic mass is 16.5. The molecule has 0 fully saturated rings. The number of methoxy groups -OCH3 is 1. The first-order valence-corrected chi connectivity index (χ1v) is 7.80. The number of aromatic nitrogens is 1. The second-order valence-corrected chi connectivity index (χ2v) is 5.19. The Balaban J connectivity index is 1.80.